The molecule has 3 aromatic carbocycles. The van der Waals surface area contributed by atoms with Gasteiger partial charge in [0.25, 0.3) is 0 Å². The van der Waals surface area contributed by atoms with Crippen LogP contribution in [0.25, 0.3) is 0 Å². The fourth-order valence-corrected chi connectivity index (χ4v) is 4.08. The smallest absolute Gasteiger partial charge is 0.318 e. The van der Waals surface area contributed by atoms with E-state index in [9.17, 15) is 4.79 Å². The highest BCUT2D eigenvalue weighted by Gasteiger charge is 2.29. The maximum Gasteiger partial charge on any atom is 0.318 e. The number of hydrogen-bond donors (Lipinski definition) is 0. The van der Waals surface area contributed by atoms with E-state index >= 15 is 0 Å². The summed E-state index contributed by atoms with van der Waals surface area (Å²) >= 11 is 0. The summed E-state index contributed by atoms with van der Waals surface area (Å²) < 4.78 is 6.05. The summed E-state index contributed by atoms with van der Waals surface area (Å²) in [6, 6.07) is 30.3. The summed E-state index contributed by atoms with van der Waals surface area (Å²) in [7, 11) is 0. The Morgan fingerprint density at radius 1 is 0.862 bits per heavy atom. The minimum Gasteiger partial charge on any atom is -0.460 e. The third-order valence-electron chi connectivity index (χ3n) is 5.50. The van der Waals surface area contributed by atoms with Crippen molar-refractivity contribution in [3.05, 3.63) is 108 Å². The van der Waals surface area contributed by atoms with Gasteiger partial charge < -0.3 is 4.74 Å². The predicted molar refractivity (Wildman–Crippen MR) is 116 cm³/mol. The van der Waals surface area contributed by atoms with Crippen LogP contribution in [0.3, 0.4) is 0 Å². The van der Waals surface area contributed by atoms with Gasteiger partial charge in [0.15, 0.2) is 0 Å². The van der Waals surface area contributed by atoms with E-state index in [4.69, 9.17) is 4.74 Å². The first-order valence-corrected chi connectivity index (χ1v) is 10.4. The Morgan fingerprint density at radius 3 is 2.00 bits per heavy atom. The average molecular weight is 386 g/mol. The predicted octanol–water partition coefficient (Wildman–Crippen LogP) is 5.03. The fraction of sp³-hybridized carbons (Fsp3) is 0.269. The van der Waals surface area contributed by atoms with Crippen LogP contribution in [0.2, 0.25) is 0 Å². The Morgan fingerprint density at radius 2 is 1.41 bits per heavy atom. The van der Waals surface area contributed by atoms with Crippen molar-refractivity contribution < 1.29 is 9.53 Å². The molecule has 29 heavy (non-hydrogen) atoms. The van der Waals surface area contributed by atoms with E-state index in [0.717, 1.165) is 43.6 Å². The lowest BCUT2D eigenvalue weighted by atomic mass is 9.91. The molecule has 3 nitrogen and oxygen atoms in total. The molecular formula is C26H27NO2. The summed E-state index contributed by atoms with van der Waals surface area (Å²) in [5, 5.41) is 0. The molecule has 0 bridgehead atoms. The van der Waals surface area contributed by atoms with Crippen molar-refractivity contribution in [2.24, 2.45) is 0 Å². The van der Waals surface area contributed by atoms with Crippen molar-refractivity contribution in [2.75, 3.05) is 13.1 Å². The van der Waals surface area contributed by atoms with Crippen LogP contribution >= 0.6 is 0 Å². The second-order valence-electron chi connectivity index (χ2n) is 7.68. The summed E-state index contributed by atoms with van der Waals surface area (Å²) in [6.45, 7) is 2.73. The Balaban J connectivity index is 1.46. The van der Waals surface area contributed by atoms with Crippen LogP contribution in [0.15, 0.2) is 91.0 Å². The molecule has 0 unspecified atom stereocenters. The monoisotopic (exact) mass is 385 g/mol. The number of benzene rings is 3. The number of esters is 1. The normalized spacial score (nSPS) is 17.2. The van der Waals surface area contributed by atoms with Crippen LogP contribution < -0.4 is 0 Å². The van der Waals surface area contributed by atoms with Gasteiger partial charge >= 0.3 is 5.97 Å². The van der Waals surface area contributed by atoms with Gasteiger partial charge in [0.1, 0.15) is 12.0 Å². The second kappa shape index (κ2) is 9.53. The molecule has 4 rings (SSSR count). The number of piperidine rings is 1. The number of likely N-dealkylation sites (tertiary alicyclic amines) is 1. The van der Waals surface area contributed by atoms with Gasteiger partial charge in [0, 0.05) is 13.1 Å². The van der Waals surface area contributed by atoms with Crippen LogP contribution in [0, 0.1) is 0 Å². The molecular weight excluding hydrogens is 358 g/mol. The second-order valence-corrected chi connectivity index (χ2v) is 7.68. The molecule has 0 N–H and O–H groups in total. The molecule has 1 saturated heterocycles. The number of carbonyl (C=O) groups excluding carboxylic acids is 1. The molecule has 0 spiro atoms. The van der Waals surface area contributed by atoms with Gasteiger partial charge in [-0.1, -0.05) is 91.0 Å². The number of nitrogens with zero attached hydrogens (tertiary/aromatic N) is 1. The highest BCUT2D eigenvalue weighted by atomic mass is 16.5. The summed E-state index contributed by atoms with van der Waals surface area (Å²) in [5.74, 6) is -0.545. The Bertz CT molecular complexity index is 856. The lowest BCUT2D eigenvalue weighted by Crippen LogP contribution is -2.40. The van der Waals surface area contributed by atoms with E-state index in [1.165, 1.54) is 5.56 Å². The highest BCUT2D eigenvalue weighted by molar-refractivity contribution is 5.82. The zero-order valence-electron chi connectivity index (χ0n) is 16.6. The third kappa shape index (κ3) is 5.12. The molecule has 1 fully saturated rings. The molecule has 1 atom stereocenters. The maximum atomic E-state index is 13.2. The molecule has 0 aromatic heterocycles. The van der Waals surface area contributed by atoms with E-state index in [-0.39, 0.29) is 18.0 Å². The van der Waals surface area contributed by atoms with Gasteiger partial charge in [-0.25, -0.2) is 0 Å². The van der Waals surface area contributed by atoms with Gasteiger partial charge in [0.2, 0.25) is 0 Å². The first-order chi connectivity index (χ1) is 14.3. The molecule has 1 heterocycles. The van der Waals surface area contributed by atoms with Crippen molar-refractivity contribution in [2.45, 2.75) is 31.4 Å². The SMILES string of the molecule is O=C(O[C@@H]1CCCN(Cc2ccccc2)C1)C(c1ccccc1)c1ccccc1. The van der Waals surface area contributed by atoms with E-state index < -0.39 is 0 Å². The zero-order chi connectivity index (χ0) is 19.9. The van der Waals surface area contributed by atoms with Gasteiger partial charge in [0.05, 0.1) is 0 Å². The number of rotatable bonds is 6. The van der Waals surface area contributed by atoms with Crippen LogP contribution in [0.5, 0.6) is 0 Å². The van der Waals surface area contributed by atoms with Crippen LogP contribution in [-0.4, -0.2) is 30.1 Å². The lowest BCUT2D eigenvalue weighted by Gasteiger charge is -2.33. The quantitative estimate of drug-likeness (QED) is 0.558. The molecule has 0 saturated carbocycles. The zero-order valence-corrected chi connectivity index (χ0v) is 16.6. The van der Waals surface area contributed by atoms with E-state index in [2.05, 4.69) is 29.2 Å². The van der Waals surface area contributed by atoms with Crippen LogP contribution in [-0.2, 0) is 16.1 Å². The lowest BCUT2D eigenvalue weighted by molar-refractivity contribution is -0.152. The fourth-order valence-electron chi connectivity index (χ4n) is 4.08. The molecule has 1 aliphatic rings. The molecule has 3 aromatic rings. The van der Waals surface area contributed by atoms with Gasteiger partial charge in [-0.05, 0) is 36.1 Å². The Labute approximate surface area is 172 Å². The molecule has 3 heteroatoms. The minimum atomic E-state index is -0.387. The number of hydrogen-bond acceptors (Lipinski definition) is 3. The summed E-state index contributed by atoms with van der Waals surface area (Å²) in [6.07, 6.45) is 1.91. The summed E-state index contributed by atoms with van der Waals surface area (Å²) in [5.41, 5.74) is 3.24. The van der Waals surface area contributed by atoms with E-state index in [1.54, 1.807) is 0 Å². The summed E-state index contributed by atoms with van der Waals surface area (Å²) in [4.78, 5) is 15.6. The first-order valence-electron chi connectivity index (χ1n) is 10.4. The molecule has 0 aliphatic carbocycles. The van der Waals surface area contributed by atoms with Crippen LogP contribution in [0.1, 0.15) is 35.4 Å². The molecule has 148 valence electrons. The van der Waals surface area contributed by atoms with Gasteiger partial charge in [-0.15, -0.1) is 0 Å². The van der Waals surface area contributed by atoms with Crippen LogP contribution in [0.4, 0.5) is 0 Å². The minimum absolute atomic E-state index is 0.0603. The number of ether oxygens (including phenoxy) is 1. The van der Waals surface area contributed by atoms with Crippen molar-refractivity contribution in [1.29, 1.82) is 0 Å². The topological polar surface area (TPSA) is 29.5 Å². The standard InChI is InChI=1S/C26H27NO2/c28-26(25(22-13-6-2-7-14-22)23-15-8-3-9-16-23)29-24-17-10-18-27(20-24)19-21-11-4-1-5-12-21/h1-9,11-16,24-25H,10,17-20H2/t24-/m1/s1. The van der Waals surface area contributed by atoms with Gasteiger partial charge in [-0.2, -0.15) is 0 Å². The van der Waals surface area contributed by atoms with Gasteiger partial charge in [-0.3, -0.25) is 9.69 Å². The van der Waals surface area contributed by atoms with Crippen molar-refractivity contribution in [3.8, 4) is 0 Å². The van der Waals surface area contributed by atoms with E-state index in [1.807, 2.05) is 66.7 Å². The first kappa shape index (κ1) is 19.4. The Kier molecular flexibility index (Phi) is 6.38. The molecule has 0 radical (unpaired) electrons. The molecule has 0 amide bonds. The largest absolute Gasteiger partial charge is 0.460 e. The molecule has 1 aliphatic heterocycles. The van der Waals surface area contributed by atoms with Crippen molar-refractivity contribution >= 4 is 5.97 Å². The highest BCUT2D eigenvalue weighted by Crippen LogP contribution is 2.27. The average Bonchev–Trinajstić information content (AvgIpc) is 2.76. The third-order valence-corrected chi connectivity index (χ3v) is 5.50. The van der Waals surface area contributed by atoms with E-state index in [0.29, 0.717) is 0 Å². The maximum absolute atomic E-state index is 13.2. The van der Waals surface area contributed by atoms with Crippen molar-refractivity contribution in [3.63, 3.8) is 0 Å². The van der Waals surface area contributed by atoms with Crippen molar-refractivity contribution in [1.82, 2.24) is 4.90 Å². The Hall–Kier alpha value is -2.91. The number of carbonyl (C=O) groups is 1.